The smallest absolute Gasteiger partial charge is 0.492 e. The second-order valence-electron chi connectivity index (χ2n) is 7.27. The van der Waals surface area contributed by atoms with Gasteiger partial charge in [0.1, 0.15) is 17.1 Å². The maximum absolute atomic E-state index is 11.8. The number of anilines is 1. The Morgan fingerprint density at radius 1 is 1.12 bits per heavy atom. The van der Waals surface area contributed by atoms with Crippen molar-refractivity contribution in [3.05, 3.63) is 51.0 Å². The van der Waals surface area contributed by atoms with Gasteiger partial charge in [0.25, 0.3) is 0 Å². The average molecular weight is 538 g/mol. The highest BCUT2D eigenvalue weighted by Crippen LogP contribution is 2.41. The normalized spacial score (nSPS) is 14.9. The highest BCUT2D eigenvalue weighted by molar-refractivity contribution is 7.82. The lowest BCUT2D eigenvalue weighted by Crippen LogP contribution is -2.34. The number of hydrogen-bond acceptors (Lipinski definition) is 8. The number of hydrogen-bond donors (Lipinski definition) is 1. The summed E-state index contributed by atoms with van der Waals surface area (Å²) >= 11 is 17.8. The molecule has 1 N–H and O–H groups in total. The molecule has 0 aromatic heterocycles. The van der Waals surface area contributed by atoms with Crippen LogP contribution < -0.4 is 14.2 Å². The molecule has 0 saturated heterocycles. The van der Waals surface area contributed by atoms with Crippen molar-refractivity contribution in [1.82, 2.24) is 0 Å². The fraction of sp³-hybridized carbons (Fsp3) is 0.300. The zero-order chi connectivity index (χ0) is 24.2. The molecule has 1 aliphatic heterocycles. The Morgan fingerprint density at radius 3 is 2.61 bits per heavy atom. The third-order valence-corrected chi connectivity index (χ3v) is 6.04. The van der Waals surface area contributed by atoms with Crippen molar-refractivity contribution < 1.29 is 31.2 Å². The standard InChI is InChI=1S/C20H19Cl3N2O7S/c1-20(2)13-10-18(16(23)11-17(13)25-19(26)30-20)29-8-4-3-7-24-32-33(27,28)31-12-5-6-14(21)15(22)9-12/h5-7,9-11H,3-4,8H2,1-2H3,(H,25,26). The van der Waals surface area contributed by atoms with E-state index in [-0.39, 0.29) is 22.4 Å². The molecular weight excluding hydrogens is 519 g/mol. The van der Waals surface area contributed by atoms with Gasteiger partial charge in [-0.05, 0) is 51.0 Å². The predicted molar refractivity (Wildman–Crippen MR) is 125 cm³/mol. The molecule has 0 fully saturated rings. The number of nitrogens with one attached hydrogen (secondary N) is 1. The van der Waals surface area contributed by atoms with Gasteiger partial charge in [-0.25, -0.2) is 9.08 Å². The Balaban J connectivity index is 1.47. The summed E-state index contributed by atoms with van der Waals surface area (Å²) in [4.78, 5) is 11.6. The van der Waals surface area contributed by atoms with Gasteiger partial charge in [0.05, 0.1) is 27.4 Å². The molecule has 0 bridgehead atoms. The van der Waals surface area contributed by atoms with Gasteiger partial charge >= 0.3 is 16.5 Å². The van der Waals surface area contributed by atoms with E-state index in [1.54, 1.807) is 26.0 Å². The van der Waals surface area contributed by atoms with Crippen LogP contribution in [-0.2, 0) is 25.0 Å². The SMILES string of the molecule is CC1(C)OC(=O)Nc2cc(Cl)c(OCCCC=NOS(=O)(=O)Oc3ccc(Cl)c(Cl)c3)cc21. The number of ether oxygens (including phenoxy) is 2. The molecule has 9 nitrogen and oxygen atoms in total. The van der Waals surface area contributed by atoms with E-state index in [2.05, 4.69) is 14.8 Å². The molecule has 3 rings (SSSR count). The fourth-order valence-corrected chi connectivity index (χ4v) is 3.88. The monoisotopic (exact) mass is 536 g/mol. The van der Waals surface area contributed by atoms with Crippen LogP contribution in [0.2, 0.25) is 15.1 Å². The molecular formula is C20H19Cl3N2O7S. The van der Waals surface area contributed by atoms with Gasteiger partial charge in [-0.2, -0.15) is 0 Å². The molecule has 1 heterocycles. The van der Waals surface area contributed by atoms with Gasteiger partial charge in [0.15, 0.2) is 0 Å². The molecule has 0 atom stereocenters. The first kappa shape index (κ1) is 25.2. The zero-order valence-electron chi connectivity index (χ0n) is 17.4. The molecule has 178 valence electrons. The summed E-state index contributed by atoms with van der Waals surface area (Å²) in [6.45, 7) is 3.79. The lowest BCUT2D eigenvalue weighted by atomic mass is 9.94. The van der Waals surface area contributed by atoms with Crippen LogP contribution in [0.25, 0.3) is 0 Å². The van der Waals surface area contributed by atoms with E-state index in [1.165, 1.54) is 24.4 Å². The van der Waals surface area contributed by atoms with Crippen LogP contribution in [0.4, 0.5) is 10.5 Å². The van der Waals surface area contributed by atoms with E-state index < -0.39 is 22.1 Å². The highest BCUT2D eigenvalue weighted by Gasteiger charge is 2.34. The minimum absolute atomic E-state index is 0.0666. The number of unbranched alkanes of at least 4 members (excludes halogenated alkanes) is 1. The van der Waals surface area contributed by atoms with Crippen molar-refractivity contribution in [3.63, 3.8) is 0 Å². The average Bonchev–Trinajstić information content (AvgIpc) is 2.69. The summed E-state index contributed by atoms with van der Waals surface area (Å²) in [5.41, 5.74) is 0.445. The molecule has 1 aliphatic rings. The maximum Gasteiger partial charge on any atom is 0.521 e. The van der Waals surface area contributed by atoms with Crippen LogP contribution in [-0.4, -0.2) is 27.3 Å². The van der Waals surface area contributed by atoms with Crippen molar-refractivity contribution in [2.75, 3.05) is 11.9 Å². The Morgan fingerprint density at radius 2 is 1.88 bits per heavy atom. The predicted octanol–water partition coefficient (Wildman–Crippen LogP) is 5.93. The summed E-state index contributed by atoms with van der Waals surface area (Å²) in [6.07, 6.45) is 1.56. The summed E-state index contributed by atoms with van der Waals surface area (Å²) < 4.78 is 43.7. The van der Waals surface area contributed by atoms with E-state index in [9.17, 15) is 13.2 Å². The van der Waals surface area contributed by atoms with E-state index in [1.807, 2.05) is 0 Å². The number of cyclic esters (lactones) is 1. The first-order valence-electron chi connectivity index (χ1n) is 9.53. The molecule has 0 radical (unpaired) electrons. The summed E-state index contributed by atoms with van der Waals surface area (Å²) in [5.74, 6) is 0.358. The van der Waals surface area contributed by atoms with Crippen LogP contribution in [0.5, 0.6) is 11.5 Å². The largest absolute Gasteiger partial charge is 0.521 e. The van der Waals surface area contributed by atoms with Gasteiger partial charge < -0.3 is 13.7 Å². The van der Waals surface area contributed by atoms with E-state index in [0.717, 1.165) is 5.56 Å². The summed E-state index contributed by atoms with van der Waals surface area (Å²) in [5, 5.41) is 6.71. The minimum Gasteiger partial charge on any atom is -0.492 e. The minimum atomic E-state index is -4.42. The zero-order valence-corrected chi connectivity index (χ0v) is 20.5. The third kappa shape index (κ3) is 6.80. The van der Waals surface area contributed by atoms with Crippen LogP contribution in [0.1, 0.15) is 32.3 Å². The fourth-order valence-electron chi connectivity index (χ4n) is 2.84. The number of amides is 1. The van der Waals surface area contributed by atoms with Gasteiger partial charge in [-0.15, -0.1) is 8.42 Å². The Hall–Kier alpha value is -2.40. The first-order chi connectivity index (χ1) is 15.5. The third-order valence-electron chi connectivity index (χ3n) is 4.34. The summed E-state index contributed by atoms with van der Waals surface area (Å²) in [7, 11) is -4.42. The van der Waals surface area contributed by atoms with Crippen LogP contribution in [0.15, 0.2) is 35.5 Å². The van der Waals surface area contributed by atoms with Crippen LogP contribution >= 0.6 is 34.8 Å². The van der Waals surface area contributed by atoms with Gasteiger partial charge in [-0.1, -0.05) is 40.0 Å². The van der Waals surface area contributed by atoms with E-state index >= 15 is 0 Å². The van der Waals surface area contributed by atoms with Gasteiger partial charge in [0.2, 0.25) is 0 Å². The molecule has 2 aromatic carbocycles. The van der Waals surface area contributed by atoms with Crippen molar-refractivity contribution in [3.8, 4) is 11.5 Å². The molecule has 0 saturated carbocycles. The number of fused-ring (bicyclic) bond motifs is 1. The van der Waals surface area contributed by atoms with Crippen molar-refractivity contribution in [1.29, 1.82) is 0 Å². The van der Waals surface area contributed by atoms with Crippen LogP contribution in [0, 0.1) is 0 Å². The summed E-state index contributed by atoms with van der Waals surface area (Å²) in [6, 6.07) is 7.25. The molecule has 0 unspecified atom stereocenters. The lowest BCUT2D eigenvalue weighted by Gasteiger charge is -2.33. The number of carbonyl (C=O) groups is 1. The molecule has 33 heavy (non-hydrogen) atoms. The highest BCUT2D eigenvalue weighted by atomic mass is 35.5. The second kappa shape index (κ2) is 10.3. The number of carbonyl (C=O) groups excluding carboxylic acids is 1. The molecule has 13 heteroatoms. The van der Waals surface area contributed by atoms with E-state index in [0.29, 0.717) is 29.3 Å². The number of benzene rings is 2. The Labute approximate surface area is 205 Å². The second-order valence-corrected chi connectivity index (χ2v) is 9.63. The van der Waals surface area contributed by atoms with Crippen molar-refractivity contribution in [2.45, 2.75) is 32.3 Å². The molecule has 0 aliphatic carbocycles. The number of nitrogens with zero attached hydrogens (tertiary/aromatic N) is 1. The number of oxime groups is 1. The Kier molecular flexibility index (Phi) is 7.84. The lowest BCUT2D eigenvalue weighted by molar-refractivity contribution is 0.0418. The van der Waals surface area contributed by atoms with Crippen molar-refractivity contribution in [2.24, 2.45) is 5.16 Å². The van der Waals surface area contributed by atoms with Gasteiger partial charge in [0, 0.05) is 17.8 Å². The number of rotatable bonds is 9. The van der Waals surface area contributed by atoms with Crippen molar-refractivity contribution >= 4 is 63.2 Å². The molecule has 1 amide bonds. The first-order valence-corrected chi connectivity index (χ1v) is 12.0. The quantitative estimate of drug-likeness (QED) is 0.240. The van der Waals surface area contributed by atoms with Gasteiger partial charge in [-0.3, -0.25) is 5.32 Å². The molecule has 2 aromatic rings. The molecule has 0 spiro atoms. The van der Waals surface area contributed by atoms with E-state index in [4.69, 9.17) is 48.5 Å². The Bertz CT molecular complexity index is 1190. The maximum atomic E-state index is 11.8. The van der Waals surface area contributed by atoms with Crippen LogP contribution in [0.3, 0.4) is 0 Å². The topological polar surface area (TPSA) is 113 Å². The number of halogens is 3.